The van der Waals surface area contributed by atoms with Gasteiger partial charge in [0.15, 0.2) is 16.6 Å². The van der Waals surface area contributed by atoms with Gasteiger partial charge >= 0.3 is 5.97 Å². The average molecular weight is 302 g/mol. The number of Topliss-reactive ketones (excluding diaryl/α,β-unsaturated/α-hetero) is 1. The van der Waals surface area contributed by atoms with Gasteiger partial charge in [-0.3, -0.25) is 9.00 Å². The van der Waals surface area contributed by atoms with Gasteiger partial charge in [0.1, 0.15) is 4.88 Å². The lowest BCUT2D eigenvalue weighted by Crippen LogP contribution is -2.37. The van der Waals surface area contributed by atoms with E-state index >= 15 is 0 Å². The van der Waals surface area contributed by atoms with Crippen molar-refractivity contribution in [3.8, 4) is 0 Å². The van der Waals surface area contributed by atoms with E-state index in [2.05, 4.69) is 9.72 Å². The summed E-state index contributed by atoms with van der Waals surface area (Å²) in [6.07, 6.45) is 0. The molecule has 19 heavy (non-hydrogen) atoms. The fourth-order valence-corrected chi connectivity index (χ4v) is 3.80. The quantitative estimate of drug-likeness (QED) is 0.604. The standard InChI is InChI=1S/C11H14N2O4S2/c1-7(14)9-8(10(15)17-2)12-11(18-9)13-3-5-19(16)6-4-13/h3-6H2,1-2H3. The maximum atomic E-state index is 11.6. The van der Waals surface area contributed by atoms with E-state index in [4.69, 9.17) is 0 Å². The largest absolute Gasteiger partial charge is 0.464 e. The van der Waals surface area contributed by atoms with Crippen LogP contribution in [0.2, 0.25) is 0 Å². The fraction of sp³-hybridized carbons (Fsp3) is 0.545. The normalized spacial score (nSPS) is 16.4. The molecule has 104 valence electrons. The molecule has 0 aliphatic carbocycles. The summed E-state index contributed by atoms with van der Waals surface area (Å²) in [4.78, 5) is 29.6. The number of carbonyl (C=O) groups excluding carboxylic acids is 2. The highest BCUT2D eigenvalue weighted by molar-refractivity contribution is 7.85. The Balaban J connectivity index is 2.29. The molecule has 0 unspecified atom stereocenters. The van der Waals surface area contributed by atoms with Crippen LogP contribution in [0.15, 0.2) is 0 Å². The third kappa shape index (κ3) is 3.01. The van der Waals surface area contributed by atoms with Crippen molar-refractivity contribution in [3.63, 3.8) is 0 Å². The third-order valence-electron chi connectivity index (χ3n) is 2.76. The topological polar surface area (TPSA) is 76.6 Å². The predicted molar refractivity (Wildman–Crippen MR) is 73.5 cm³/mol. The van der Waals surface area contributed by atoms with Gasteiger partial charge in [-0.15, -0.1) is 0 Å². The summed E-state index contributed by atoms with van der Waals surface area (Å²) < 4.78 is 15.9. The lowest BCUT2D eigenvalue weighted by Gasteiger charge is -2.25. The number of methoxy groups -OCH3 is 1. The Hall–Kier alpha value is -1.28. The number of esters is 1. The van der Waals surface area contributed by atoms with Crippen molar-refractivity contribution in [2.45, 2.75) is 6.92 Å². The minimum atomic E-state index is -0.776. The predicted octanol–water partition coefficient (Wildman–Crippen LogP) is 0.701. The van der Waals surface area contributed by atoms with Crippen LogP contribution in [0.3, 0.4) is 0 Å². The SMILES string of the molecule is COC(=O)c1nc(N2CCS(=O)CC2)sc1C(C)=O. The Morgan fingerprint density at radius 3 is 2.53 bits per heavy atom. The Bertz CT molecular complexity index is 531. The van der Waals surface area contributed by atoms with Gasteiger partial charge < -0.3 is 9.64 Å². The van der Waals surface area contributed by atoms with Crippen molar-refractivity contribution < 1.29 is 18.5 Å². The van der Waals surface area contributed by atoms with Crippen LogP contribution in [-0.2, 0) is 15.5 Å². The molecule has 1 aliphatic rings. The zero-order chi connectivity index (χ0) is 14.0. The van der Waals surface area contributed by atoms with E-state index in [0.29, 0.717) is 34.6 Å². The number of hydrogen-bond acceptors (Lipinski definition) is 7. The van der Waals surface area contributed by atoms with Crippen LogP contribution in [0.4, 0.5) is 5.13 Å². The highest BCUT2D eigenvalue weighted by Gasteiger charge is 2.25. The summed E-state index contributed by atoms with van der Waals surface area (Å²) in [5.74, 6) is 0.364. The zero-order valence-electron chi connectivity index (χ0n) is 10.7. The summed E-state index contributed by atoms with van der Waals surface area (Å²) in [5.41, 5.74) is 0.0710. The summed E-state index contributed by atoms with van der Waals surface area (Å²) in [5, 5.41) is 0.613. The zero-order valence-corrected chi connectivity index (χ0v) is 12.3. The van der Waals surface area contributed by atoms with Crippen LogP contribution in [-0.4, -0.2) is 52.7 Å². The van der Waals surface area contributed by atoms with E-state index in [-0.39, 0.29) is 11.5 Å². The van der Waals surface area contributed by atoms with Gasteiger partial charge in [-0.1, -0.05) is 11.3 Å². The summed E-state index contributed by atoms with van der Waals surface area (Å²) in [6, 6.07) is 0. The van der Waals surface area contributed by atoms with E-state index < -0.39 is 16.8 Å². The molecule has 0 atom stereocenters. The Kier molecular flexibility index (Phi) is 4.31. The second-order valence-corrected chi connectivity index (χ2v) is 6.73. The van der Waals surface area contributed by atoms with Crippen molar-refractivity contribution in [2.75, 3.05) is 36.6 Å². The number of ketones is 1. The molecule has 0 amide bonds. The number of ether oxygens (including phenoxy) is 1. The average Bonchev–Trinajstić information content (AvgIpc) is 2.84. The summed E-state index contributed by atoms with van der Waals surface area (Å²) in [7, 11) is 0.483. The van der Waals surface area contributed by atoms with Crippen LogP contribution in [0.5, 0.6) is 0 Å². The number of carbonyl (C=O) groups is 2. The molecule has 1 aliphatic heterocycles. The number of nitrogens with zero attached hydrogens (tertiary/aromatic N) is 2. The van der Waals surface area contributed by atoms with Gasteiger partial charge in [-0.05, 0) is 0 Å². The van der Waals surface area contributed by atoms with Crippen LogP contribution in [0.25, 0.3) is 0 Å². The molecule has 1 aromatic rings. The maximum absolute atomic E-state index is 11.6. The first-order chi connectivity index (χ1) is 9.02. The minimum absolute atomic E-state index is 0.0710. The molecular weight excluding hydrogens is 288 g/mol. The molecule has 0 aromatic carbocycles. The summed E-state index contributed by atoms with van der Waals surface area (Å²) >= 11 is 1.18. The number of hydrogen-bond donors (Lipinski definition) is 0. The van der Waals surface area contributed by atoms with Crippen molar-refractivity contribution in [2.24, 2.45) is 0 Å². The van der Waals surface area contributed by atoms with Crippen molar-refractivity contribution in [1.29, 1.82) is 0 Å². The van der Waals surface area contributed by atoms with E-state index in [1.807, 2.05) is 4.90 Å². The number of rotatable bonds is 3. The van der Waals surface area contributed by atoms with Crippen LogP contribution in [0, 0.1) is 0 Å². The molecule has 0 radical (unpaired) electrons. The van der Waals surface area contributed by atoms with Crippen LogP contribution < -0.4 is 4.90 Å². The minimum Gasteiger partial charge on any atom is -0.464 e. The van der Waals surface area contributed by atoms with Gasteiger partial charge in [0.25, 0.3) is 0 Å². The molecule has 2 rings (SSSR count). The molecule has 0 saturated carbocycles. The molecule has 0 spiro atoms. The lowest BCUT2D eigenvalue weighted by atomic mass is 10.3. The second-order valence-electron chi connectivity index (χ2n) is 4.06. The van der Waals surface area contributed by atoms with E-state index in [0.717, 1.165) is 0 Å². The number of aromatic nitrogens is 1. The van der Waals surface area contributed by atoms with E-state index in [9.17, 15) is 13.8 Å². The second kappa shape index (κ2) is 5.79. The van der Waals surface area contributed by atoms with Gasteiger partial charge in [0.05, 0.1) is 7.11 Å². The number of thiazole rings is 1. The Morgan fingerprint density at radius 1 is 1.37 bits per heavy atom. The van der Waals surface area contributed by atoms with Crippen molar-refractivity contribution in [1.82, 2.24) is 4.98 Å². The monoisotopic (exact) mass is 302 g/mol. The molecule has 1 fully saturated rings. The summed E-state index contributed by atoms with van der Waals surface area (Å²) in [6.45, 7) is 2.64. The molecule has 6 nitrogen and oxygen atoms in total. The molecular formula is C11H14N2O4S2. The van der Waals surface area contributed by atoms with Crippen molar-refractivity contribution >= 4 is 39.0 Å². The Morgan fingerprint density at radius 2 is 2.00 bits per heavy atom. The molecule has 0 bridgehead atoms. The van der Waals surface area contributed by atoms with E-state index in [1.54, 1.807) is 0 Å². The van der Waals surface area contributed by atoms with Gasteiger partial charge in [0, 0.05) is 42.3 Å². The maximum Gasteiger partial charge on any atom is 0.358 e. The molecule has 0 N–H and O–H groups in total. The smallest absolute Gasteiger partial charge is 0.358 e. The first kappa shape index (κ1) is 14.1. The first-order valence-corrected chi connectivity index (χ1v) is 8.03. The van der Waals surface area contributed by atoms with Gasteiger partial charge in [-0.25, -0.2) is 9.78 Å². The molecule has 1 aromatic heterocycles. The highest BCUT2D eigenvalue weighted by atomic mass is 32.2. The third-order valence-corrected chi connectivity index (χ3v) is 5.26. The van der Waals surface area contributed by atoms with E-state index in [1.165, 1.54) is 25.4 Å². The Labute approximate surface area is 117 Å². The van der Waals surface area contributed by atoms with Crippen molar-refractivity contribution in [3.05, 3.63) is 10.6 Å². The highest BCUT2D eigenvalue weighted by Crippen LogP contribution is 2.28. The van der Waals surface area contributed by atoms with Gasteiger partial charge in [-0.2, -0.15) is 0 Å². The van der Waals surface area contributed by atoms with Crippen LogP contribution in [0.1, 0.15) is 27.1 Å². The molecule has 1 saturated heterocycles. The number of anilines is 1. The van der Waals surface area contributed by atoms with Gasteiger partial charge in [0.2, 0.25) is 0 Å². The van der Waals surface area contributed by atoms with Crippen LogP contribution >= 0.6 is 11.3 Å². The lowest BCUT2D eigenvalue weighted by molar-refractivity contribution is 0.0591. The molecule has 8 heteroatoms. The first-order valence-electron chi connectivity index (χ1n) is 5.73. The molecule has 2 heterocycles. The fourth-order valence-electron chi connectivity index (χ4n) is 1.75.